The molecule has 0 spiro atoms. The van der Waals surface area contributed by atoms with Crippen LogP contribution < -0.4 is 20.1 Å². The lowest BCUT2D eigenvalue weighted by atomic mass is 10.0. The molecule has 0 bridgehead atoms. The molecule has 132 valence electrons. The normalized spacial score (nSPS) is 20.3. The van der Waals surface area contributed by atoms with Crippen LogP contribution in [0.15, 0.2) is 24.8 Å². The van der Waals surface area contributed by atoms with E-state index in [4.69, 9.17) is 14.2 Å². The molecule has 6 nitrogen and oxygen atoms in total. The summed E-state index contributed by atoms with van der Waals surface area (Å²) in [4.78, 5) is 12.3. The van der Waals surface area contributed by atoms with Crippen molar-refractivity contribution in [2.75, 3.05) is 27.4 Å². The van der Waals surface area contributed by atoms with Gasteiger partial charge in [0.15, 0.2) is 11.5 Å². The number of rotatable bonds is 7. The summed E-state index contributed by atoms with van der Waals surface area (Å²) >= 11 is 0. The third-order valence-electron chi connectivity index (χ3n) is 4.05. The number of nitrogens with one attached hydrogen (secondary N) is 2. The molecular weight excluding hydrogens is 308 g/mol. The molecule has 2 rings (SSSR count). The zero-order valence-corrected chi connectivity index (χ0v) is 14.6. The Labute approximate surface area is 143 Å². The predicted octanol–water partition coefficient (Wildman–Crippen LogP) is 1.43. The Morgan fingerprint density at radius 1 is 1.46 bits per heavy atom. The lowest BCUT2D eigenvalue weighted by Gasteiger charge is -2.29. The van der Waals surface area contributed by atoms with Crippen molar-refractivity contribution < 1.29 is 19.0 Å². The van der Waals surface area contributed by atoms with Crippen LogP contribution in [0.1, 0.15) is 18.1 Å². The van der Waals surface area contributed by atoms with Crippen molar-refractivity contribution in [2.45, 2.75) is 32.0 Å². The Balaban J connectivity index is 2.09. The van der Waals surface area contributed by atoms with E-state index in [2.05, 4.69) is 17.2 Å². The maximum Gasteiger partial charge on any atom is 0.240 e. The fraction of sp³-hybridized carbons (Fsp3) is 0.500. The van der Waals surface area contributed by atoms with E-state index >= 15 is 0 Å². The van der Waals surface area contributed by atoms with Gasteiger partial charge in [-0.15, -0.1) is 6.58 Å². The van der Waals surface area contributed by atoms with Crippen molar-refractivity contribution in [1.82, 2.24) is 10.6 Å². The monoisotopic (exact) mass is 334 g/mol. The molecule has 1 aliphatic rings. The Hall–Kier alpha value is -2.05. The standard InChI is InChI=1S/C18H26N2O4/c1-5-6-14-9-13(10-15(22-3)17(14)23-4)11-20-18(21)16-12(2)24-8-7-19-16/h5,9-10,12,16,19H,1,6-8,11H2,2-4H3,(H,20,21)/t12-,16+/m1/s1. The molecule has 0 unspecified atom stereocenters. The molecule has 6 heteroatoms. The lowest BCUT2D eigenvalue weighted by Crippen LogP contribution is -2.55. The maximum absolute atomic E-state index is 12.3. The highest BCUT2D eigenvalue weighted by molar-refractivity contribution is 5.82. The molecule has 2 N–H and O–H groups in total. The van der Waals surface area contributed by atoms with Crippen molar-refractivity contribution in [3.05, 3.63) is 35.9 Å². The van der Waals surface area contributed by atoms with Crippen LogP contribution in [0.25, 0.3) is 0 Å². The quantitative estimate of drug-likeness (QED) is 0.738. The first-order chi connectivity index (χ1) is 11.6. The number of benzene rings is 1. The Bertz CT molecular complexity index is 589. The number of carbonyl (C=O) groups is 1. The summed E-state index contributed by atoms with van der Waals surface area (Å²) in [6.07, 6.45) is 2.33. The van der Waals surface area contributed by atoms with Crippen LogP contribution >= 0.6 is 0 Å². The van der Waals surface area contributed by atoms with Gasteiger partial charge in [0.05, 0.1) is 26.9 Å². The van der Waals surface area contributed by atoms with Crippen LogP contribution in [-0.2, 0) is 22.5 Å². The minimum absolute atomic E-state index is 0.0674. The third kappa shape index (κ3) is 4.27. The van der Waals surface area contributed by atoms with Gasteiger partial charge in [0.25, 0.3) is 0 Å². The van der Waals surface area contributed by atoms with Crippen LogP contribution in [0.3, 0.4) is 0 Å². The molecule has 0 aromatic heterocycles. The lowest BCUT2D eigenvalue weighted by molar-refractivity contribution is -0.129. The van der Waals surface area contributed by atoms with Crippen molar-refractivity contribution in [1.29, 1.82) is 0 Å². The van der Waals surface area contributed by atoms with Crippen molar-refractivity contribution in [3.63, 3.8) is 0 Å². The largest absolute Gasteiger partial charge is 0.493 e. The van der Waals surface area contributed by atoms with E-state index in [9.17, 15) is 4.79 Å². The highest BCUT2D eigenvalue weighted by Gasteiger charge is 2.28. The van der Waals surface area contributed by atoms with Crippen molar-refractivity contribution in [2.24, 2.45) is 0 Å². The molecule has 0 radical (unpaired) electrons. The molecule has 1 aromatic rings. The summed E-state index contributed by atoms with van der Waals surface area (Å²) in [5.41, 5.74) is 1.92. The Kier molecular flexibility index (Phi) is 6.63. The van der Waals surface area contributed by atoms with Crippen molar-refractivity contribution >= 4 is 5.91 Å². The fourth-order valence-corrected chi connectivity index (χ4v) is 2.84. The SMILES string of the molecule is C=CCc1cc(CNC(=O)[C@H]2NCCO[C@@H]2C)cc(OC)c1OC. The third-order valence-corrected chi connectivity index (χ3v) is 4.05. The van der Waals surface area contributed by atoms with Crippen LogP contribution in [0.4, 0.5) is 0 Å². The fourth-order valence-electron chi connectivity index (χ4n) is 2.84. The summed E-state index contributed by atoms with van der Waals surface area (Å²) in [7, 11) is 3.21. The molecule has 0 saturated carbocycles. The van der Waals surface area contributed by atoms with Crippen LogP contribution in [0.5, 0.6) is 11.5 Å². The highest BCUT2D eigenvalue weighted by Crippen LogP contribution is 2.33. The van der Waals surface area contributed by atoms with Crippen LogP contribution in [-0.4, -0.2) is 45.4 Å². The first-order valence-corrected chi connectivity index (χ1v) is 8.08. The van der Waals surface area contributed by atoms with Gasteiger partial charge in [-0.3, -0.25) is 4.79 Å². The molecule has 24 heavy (non-hydrogen) atoms. The number of amides is 1. The number of allylic oxidation sites excluding steroid dienone is 1. The molecule has 1 aliphatic heterocycles. The van der Waals surface area contributed by atoms with Crippen LogP contribution in [0, 0.1) is 0 Å². The minimum atomic E-state index is -0.327. The Morgan fingerprint density at radius 2 is 2.25 bits per heavy atom. The summed E-state index contributed by atoms with van der Waals surface area (Å²) in [5, 5.41) is 6.14. The zero-order chi connectivity index (χ0) is 17.5. The van der Waals surface area contributed by atoms with Gasteiger partial charge in [0, 0.05) is 18.7 Å². The molecule has 0 aliphatic carbocycles. The number of hydrogen-bond donors (Lipinski definition) is 2. The highest BCUT2D eigenvalue weighted by atomic mass is 16.5. The number of hydrogen-bond acceptors (Lipinski definition) is 5. The second-order valence-corrected chi connectivity index (χ2v) is 5.71. The molecule has 1 aromatic carbocycles. The molecule has 2 atom stereocenters. The minimum Gasteiger partial charge on any atom is -0.493 e. The summed E-state index contributed by atoms with van der Waals surface area (Å²) in [5.74, 6) is 1.28. The second-order valence-electron chi connectivity index (χ2n) is 5.71. The van der Waals surface area contributed by atoms with E-state index in [1.165, 1.54) is 0 Å². The molecule has 1 heterocycles. The van der Waals surface area contributed by atoms with E-state index in [-0.39, 0.29) is 18.1 Å². The van der Waals surface area contributed by atoms with Gasteiger partial charge in [0.2, 0.25) is 5.91 Å². The number of ether oxygens (including phenoxy) is 3. The van der Waals surface area contributed by atoms with Gasteiger partial charge in [-0.05, 0) is 31.0 Å². The molecule has 1 amide bonds. The number of carbonyl (C=O) groups excluding carboxylic acids is 1. The smallest absolute Gasteiger partial charge is 0.240 e. The van der Waals surface area contributed by atoms with E-state index in [1.54, 1.807) is 14.2 Å². The first-order valence-electron chi connectivity index (χ1n) is 8.08. The summed E-state index contributed by atoms with van der Waals surface area (Å²) < 4.78 is 16.3. The van der Waals surface area contributed by atoms with Gasteiger partial charge in [-0.2, -0.15) is 0 Å². The summed E-state index contributed by atoms with van der Waals surface area (Å²) in [6.45, 7) is 7.39. The zero-order valence-electron chi connectivity index (χ0n) is 14.6. The predicted molar refractivity (Wildman–Crippen MR) is 92.5 cm³/mol. The van der Waals surface area contributed by atoms with Gasteiger partial charge in [-0.1, -0.05) is 6.08 Å². The Morgan fingerprint density at radius 3 is 2.88 bits per heavy atom. The van der Waals surface area contributed by atoms with Gasteiger partial charge in [-0.25, -0.2) is 0 Å². The van der Waals surface area contributed by atoms with Crippen LogP contribution in [0.2, 0.25) is 0 Å². The molecule has 1 fully saturated rings. The van der Waals surface area contributed by atoms with E-state index in [0.29, 0.717) is 37.6 Å². The van der Waals surface area contributed by atoms with E-state index < -0.39 is 0 Å². The number of methoxy groups -OCH3 is 2. The topological polar surface area (TPSA) is 68.8 Å². The van der Waals surface area contributed by atoms with Crippen molar-refractivity contribution in [3.8, 4) is 11.5 Å². The average molecular weight is 334 g/mol. The van der Waals surface area contributed by atoms with E-state index in [0.717, 1.165) is 11.1 Å². The summed E-state index contributed by atoms with van der Waals surface area (Å²) in [6, 6.07) is 3.55. The molecular formula is C18H26N2O4. The number of morpholine rings is 1. The van der Waals surface area contributed by atoms with Gasteiger partial charge in [0.1, 0.15) is 6.04 Å². The van der Waals surface area contributed by atoms with Gasteiger partial charge < -0.3 is 24.8 Å². The first kappa shape index (κ1) is 18.3. The average Bonchev–Trinajstić information content (AvgIpc) is 2.59. The van der Waals surface area contributed by atoms with Gasteiger partial charge >= 0.3 is 0 Å². The maximum atomic E-state index is 12.3. The second kappa shape index (κ2) is 8.70. The molecule has 1 saturated heterocycles. The van der Waals surface area contributed by atoms with E-state index in [1.807, 2.05) is 25.1 Å².